The van der Waals surface area contributed by atoms with Crippen LogP contribution in [0.1, 0.15) is 19.8 Å². The minimum Gasteiger partial charge on any atom is -0.409 e. The van der Waals surface area contributed by atoms with E-state index in [9.17, 15) is 0 Å². The molecule has 0 aliphatic carbocycles. The Balaban J connectivity index is 2.67. The lowest BCUT2D eigenvalue weighted by molar-refractivity contribution is 0.316. The highest BCUT2D eigenvalue weighted by Crippen LogP contribution is 2.32. The third-order valence-electron chi connectivity index (χ3n) is 2.15. The SMILES string of the molecule is CCC(C/C(N)=N/O)Sc1ccccc1Br. The fourth-order valence-corrected chi connectivity index (χ4v) is 2.95. The quantitative estimate of drug-likeness (QED) is 0.288. The zero-order valence-electron chi connectivity index (χ0n) is 9.06. The Labute approximate surface area is 108 Å². The largest absolute Gasteiger partial charge is 0.409 e. The second-order valence-electron chi connectivity index (χ2n) is 3.37. The molecule has 0 amide bonds. The van der Waals surface area contributed by atoms with Gasteiger partial charge in [-0.2, -0.15) is 0 Å². The predicted molar refractivity (Wildman–Crippen MR) is 72.1 cm³/mol. The van der Waals surface area contributed by atoms with Crippen LogP contribution in [0, 0.1) is 0 Å². The maximum atomic E-state index is 8.54. The Morgan fingerprint density at radius 3 is 2.81 bits per heavy atom. The van der Waals surface area contributed by atoms with Crippen LogP contribution >= 0.6 is 27.7 Å². The summed E-state index contributed by atoms with van der Waals surface area (Å²) in [5.41, 5.74) is 5.52. The summed E-state index contributed by atoms with van der Waals surface area (Å²) in [6.45, 7) is 2.10. The van der Waals surface area contributed by atoms with Gasteiger partial charge in [-0.05, 0) is 34.5 Å². The molecule has 0 aromatic heterocycles. The van der Waals surface area contributed by atoms with Crippen molar-refractivity contribution in [2.75, 3.05) is 0 Å². The van der Waals surface area contributed by atoms with E-state index in [-0.39, 0.29) is 5.84 Å². The molecule has 0 saturated heterocycles. The van der Waals surface area contributed by atoms with Crippen molar-refractivity contribution in [1.82, 2.24) is 0 Å². The summed E-state index contributed by atoms with van der Waals surface area (Å²) in [4.78, 5) is 1.18. The molecule has 1 aromatic rings. The van der Waals surface area contributed by atoms with Crippen molar-refractivity contribution in [3.05, 3.63) is 28.7 Å². The lowest BCUT2D eigenvalue weighted by Crippen LogP contribution is -2.18. The van der Waals surface area contributed by atoms with Gasteiger partial charge in [-0.25, -0.2) is 0 Å². The van der Waals surface area contributed by atoms with Gasteiger partial charge in [-0.3, -0.25) is 0 Å². The van der Waals surface area contributed by atoms with E-state index in [1.807, 2.05) is 18.2 Å². The molecule has 0 saturated carbocycles. The maximum absolute atomic E-state index is 8.54. The summed E-state index contributed by atoms with van der Waals surface area (Å²) in [7, 11) is 0. The first kappa shape index (κ1) is 13.4. The molecule has 5 heteroatoms. The van der Waals surface area contributed by atoms with E-state index in [1.54, 1.807) is 11.8 Å². The van der Waals surface area contributed by atoms with Crippen molar-refractivity contribution < 1.29 is 5.21 Å². The summed E-state index contributed by atoms with van der Waals surface area (Å²) in [5.74, 6) is 0.284. The highest BCUT2D eigenvalue weighted by atomic mass is 79.9. The fraction of sp³-hybridized carbons (Fsp3) is 0.364. The van der Waals surface area contributed by atoms with Gasteiger partial charge < -0.3 is 10.9 Å². The lowest BCUT2D eigenvalue weighted by Gasteiger charge is -2.14. The molecule has 16 heavy (non-hydrogen) atoms. The Morgan fingerprint density at radius 1 is 1.56 bits per heavy atom. The van der Waals surface area contributed by atoms with Crippen LogP contribution < -0.4 is 5.73 Å². The molecule has 1 aromatic carbocycles. The van der Waals surface area contributed by atoms with Crippen LogP contribution in [0.3, 0.4) is 0 Å². The van der Waals surface area contributed by atoms with Crippen molar-refractivity contribution in [1.29, 1.82) is 0 Å². The molecule has 0 fully saturated rings. The van der Waals surface area contributed by atoms with E-state index >= 15 is 0 Å². The molecule has 1 rings (SSSR count). The molecular formula is C11H15BrN2OS. The molecule has 0 aliphatic heterocycles. The smallest absolute Gasteiger partial charge is 0.140 e. The van der Waals surface area contributed by atoms with Crippen molar-refractivity contribution in [3.8, 4) is 0 Å². The number of thioether (sulfide) groups is 1. The molecule has 3 N–H and O–H groups in total. The summed E-state index contributed by atoms with van der Waals surface area (Å²) in [6.07, 6.45) is 1.57. The highest BCUT2D eigenvalue weighted by molar-refractivity contribution is 9.10. The number of nitrogens with two attached hydrogens (primary N) is 1. The van der Waals surface area contributed by atoms with E-state index < -0.39 is 0 Å². The van der Waals surface area contributed by atoms with Gasteiger partial charge in [0.2, 0.25) is 0 Å². The van der Waals surface area contributed by atoms with E-state index in [0.29, 0.717) is 11.7 Å². The number of amidine groups is 1. The van der Waals surface area contributed by atoms with E-state index in [4.69, 9.17) is 10.9 Å². The van der Waals surface area contributed by atoms with Crippen LogP contribution in [0.4, 0.5) is 0 Å². The Hall–Kier alpha value is -0.680. The number of hydrogen-bond donors (Lipinski definition) is 2. The number of nitrogens with zero attached hydrogens (tertiary/aromatic N) is 1. The van der Waals surface area contributed by atoms with Crippen LogP contribution in [-0.2, 0) is 0 Å². The zero-order valence-corrected chi connectivity index (χ0v) is 11.5. The standard InChI is InChI=1S/C11H15BrN2OS/c1-2-8(7-11(13)14-15)16-10-6-4-3-5-9(10)12/h3-6,8,15H,2,7H2,1H3,(H2,13,14). The van der Waals surface area contributed by atoms with Gasteiger partial charge in [0.25, 0.3) is 0 Å². The first-order valence-electron chi connectivity index (χ1n) is 5.05. The van der Waals surface area contributed by atoms with Crippen molar-refractivity contribution >= 4 is 33.5 Å². The molecule has 0 radical (unpaired) electrons. The first-order valence-corrected chi connectivity index (χ1v) is 6.72. The molecular weight excluding hydrogens is 288 g/mol. The minimum atomic E-state index is 0.284. The zero-order chi connectivity index (χ0) is 12.0. The number of oxime groups is 1. The van der Waals surface area contributed by atoms with Crippen molar-refractivity contribution in [3.63, 3.8) is 0 Å². The number of rotatable bonds is 5. The Morgan fingerprint density at radius 2 is 2.25 bits per heavy atom. The summed E-state index contributed by atoms with van der Waals surface area (Å²) in [6, 6.07) is 8.06. The molecule has 1 unspecified atom stereocenters. The molecule has 88 valence electrons. The van der Waals surface area contributed by atoms with Gasteiger partial charge >= 0.3 is 0 Å². The van der Waals surface area contributed by atoms with Crippen LogP contribution in [0.5, 0.6) is 0 Å². The molecule has 0 spiro atoms. The van der Waals surface area contributed by atoms with E-state index in [2.05, 4.69) is 34.1 Å². The topological polar surface area (TPSA) is 58.6 Å². The van der Waals surface area contributed by atoms with Crippen molar-refractivity contribution in [2.45, 2.75) is 29.9 Å². The third kappa shape index (κ3) is 4.06. The van der Waals surface area contributed by atoms with Crippen LogP contribution in [0.25, 0.3) is 0 Å². The number of halogens is 1. The van der Waals surface area contributed by atoms with Crippen LogP contribution in [0.15, 0.2) is 38.8 Å². The highest BCUT2D eigenvalue weighted by Gasteiger charge is 2.12. The number of hydrogen-bond acceptors (Lipinski definition) is 3. The fourth-order valence-electron chi connectivity index (χ4n) is 1.26. The first-order chi connectivity index (χ1) is 7.67. The van der Waals surface area contributed by atoms with Gasteiger partial charge in [0, 0.05) is 21.0 Å². The number of benzene rings is 1. The normalized spacial score (nSPS) is 13.8. The second kappa shape index (κ2) is 6.81. The average Bonchev–Trinajstić information content (AvgIpc) is 2.30. The monoisotopic (exact) mass is 302 g/mol. The molecule has 0 aliphatic rings. The minimum absolute atomic E-state index is 0.284. The summed E-state index contributed by atoms with van der Waals surface area (Å²) >= 11 is 5.25. The van der Waals surface area contributed by atoms with Crippen LogP contribution in [0.2, 0.25) is 0 Å². The Bertz CT molecular complexity index is 371. The molecule has 0 heterocycles. The van der Waals surface area contributed by atoms with Gasteiger partial charge in [0.05, 0.1) is 0 Å². The lowest BCUT2D eigenvalue weighted by atomic mass is 10.2. The predicted octanol–water partition coefficient (Wildman–Crippen LogP) is 3.46. The van der Waals surface area contributed by atoms with E-state index in [1.165, 1.54) is 4.90 Å². The summed E-state index contributed by atoms with van der Waals surface area (Å²) in [5, 5.41) is 11.9. The average molecular weight is 303 g/mol. The third-order valence-corrected chi connectivity index (χ3v) is 4.55. The molecule has 0 bridgehead atoms. The van der Waals surface area contributed by atoms with Crippen LogP contribution in [-0.4, -0.2) is 16.3 Å². The van der Waals surface area contributed by atoms with E-state index in [0.717, 1.165) is 10.9 Å². The second-order valence-corrected chi connectivity index (χ2v) is 5.57. The summed E-state index contributed by atoms with van der Waals surface area (Å²) < 4.78 is 1.08. The molecule has 3 nitrogen and oxygen atoms in total. The van der Waals surface area contributed by atoms with Crippen molar-refractivity contribution in [2.24, 2.45) is 10.9 Å². The van der Waals surface area contributed by atoms with Gasteiger partial charge in [0.1, 0.15) is 5.84 Å². The Kier molecular flexibility index (Phi) is 5.69. The van der Waals surface area contributed by atoms with Gasteiger partial charge in [0.15, 0.2) is 0 Å². The molecule has 1 atom stereocenters. The van der Waals surface area contributed by atoms with Gasteiger partial charge in [-0.1, -0.05) is 24.2 Å². The maximum Gasteiger partial charge on any atom is 0.140 e. The van der Waals surface area contributed by atoms with Gasteiger partial charge in [-0.15, -0.1) is 11.8 Å².